The molecule has 110 valence electrons. The number of fused-ring (bicyclic) bond motifs is 2. The predicted octanol–water partition coefficient (Wildman–Crippen LogP) is 3.38. The number of nitrogens with zero attached hydrogens (tertiary/aromatic N) is 5. The van der Waals surface area contributed by atoms with Crippen LogP contribution in [0, 0.1) is 13.8 Å². The highest BCUT2D eigenvalue weighted by atomic mass is 15.3. The third-order valence-electron chi connectivity index (χ3n) is 4.18. The van der Waals surface area contributed by atoms with Crippen LogP contribution >= 0.6 is 0 Å². The van der Waals surface area contributed by atoms with Gasteiger partial charge in [-0.1, -0.05) is 18.2 Å². The highest BCUT2D eigenvalue weighted by molar-refractivity contribution is 5.97. The Morgan fingerprint density at radius 3 is 2.77 bits per heavy atom. The van der Waals surface area contributed by atoms with Crippen LogP contribution in [0.5, 0.6) is 0 Å². The maximum atomic E-state index is 4.44. The molecule has 0 radical (unpaired) electrons. The Labute approximate surface area is 128 Å². The normalized spacial score (nSPS) is 11.6. The van der Waals surface area contributed by atoms with E-state index in [-0.39, 0.29) is 0 Å². The Hall–Kier alpha value is -2.69. The van der Waals surface area contributed by atoms with Crippen molar-refractivity contribution in [1.82, 2.24) is 24.1 Å². The molecular weight excluding hydrogens is 274 g/mol. The lowest BCUT2D eigenvalue weighted by Crippen LogP contribution is -2.00. The molecule has 0 aliphatic heterocycles. The molecule has 0 bridgehead atoms. The zero-order valence-corrected chi connectivity index (χ0v) is 12.9. The molecule has 0 aliphatic carbocycles. The Morgan fingerprint density at radius 2 is 1.95 bits per heavy atom. The van der Waals surface area contributed by atoms with Gasteiger partial charge in [-0.3, -0.25) is 0 Å². The summed E-state index contributed by atoms with van der Waals surface area (Å²) in [6.07, 6.45) is 1.56. The fraction of sp³-hybridized carbons (Fsp3) is 0.235. The van der Waals surface area contributed by atoms with E-state index in [0.29, 0.717) is 5.78 Å². The number of hydrogen-bond donors (Lipinski definition) is 0. The zero-order valence-electron chi connectivity index (χ0n) is 12.9. The van der Waals surface area contributed by atoms with Gasteiger partial charge in [0.05, 0.1) is 5.69 Å². The highest BCUT2D eigenvalue weighted by Gasteiger charge is 2.18. The van der Waals surface area contributed by atoms with Crippen molar-refractivity contribution in [3.05, 3.63) is 48.0 Å². The first-order chi connectivity index (χ1) is 10.7. The van der Waals surface area contributed by atoms with Gasteiger partial charge in [0, 0.05) is 34.4 Å². The number of hydrogen-bond acceptors (Lipinski definition) is 3. The summed E-state index contributed by atoms with van der Waals surface area (Å²) in [6, 6.07) is 10.6. The lowest BCUT2D eigenvalue weighted by Gasteiger charge is -2.07. The average molecular weight is 291 g/mol. The molecule has 0 unspecified atom stereocenters. The van der Waals surface area contributed by atoms with Gasteiger partial charge in [0.25, 0.3) is 5.78 Å². The fourth-order valence-electron chi connectivity index (χ4n) is 3.27. The lowest BCUT2D eigenvalue weighted by molar-refractivity contribution is 0.769. The molecule has 4 rings (SSSR count). The van der Waals surface area contributed by atoms with Crippen molar-refractivity contribution in [2.75, 3.05) is 0 Å². The molecule has 4 aromatic rings. The van der Waals surface area contributed by atoms with E-state index < -0.39 is 0 Å². The van der Waals surface area contributed by atoms with Crippen molar-refractivity contribution < 1.29 is 0 Å². The van der Waals surface area contributed by atoms with E-state index in [2.05, 4.69) is 63.8 Å². The predicted molar refractivity (Wildman–Crippen MR) is 86.9 cm³/mol. The van der Waals surface area contributed by atoms with Crippen LogP contribution in [0.3, 0.4) is 0 Å². The summed E-state index contributed by atoms with van der Waals surface area (Å²) in [5, 5.41) is 5.59. The van der Waals surface area contributed by atoms with E-state index in [9.17, 15) is 0 Å². The Morgan fingerprint density at radius 1 is 1.14 bits per heavy atom. The molecule has 3 aromatic heterocycles. The molecule has 0 fully saturated rings. The third kappa shape index (κ3) is 1.68. The smallest absolute Gasteiger partial charge is 0.252 e. The summed E-state index contributed by atoms with van der Waals surface area (Å²) < 4.78 is 4.16. The van der Waals surface area contributed by atoms with Crippen molar-refractivity contribution >= 4 is 16.7 Å². The van der Waals surface area contributed by atoms with Crippen LogP contribution in [0.25, 0.3) is 27.9 Å². The van der Waals surface area contributed by atoms with E-state index in [1.165, 1.54) is 22.2 Å². The number of rotatable bonds is 2. The van der Waals surface area contributed by atoms with Gasteiger partial charge in [0.15, 0.2) is 0 Å². The van der Waals surface area contributed by atoms with Gasteiger partial charge in [-0.05, 0) is 32.9 Å². The summed E-state index contributed by atoms with van der Waals surface area (Å²) in [5.74, 6) is 0.641. The molecular formula is C17H17N5. The van der Waals surface area contributed by atoms with Gasteiger partial charge in [0.2, 0.25) is 0 Å². The lowest BCUT2D eigenvalue weighted by atomic mass is 10.1. The first kappa shape index (κ1) is 13.0. The molecule has 22 heavy (non-hydrogen) atoms. The number of aromatic nitrogens is 5. The molecule has 3 heterocycles. The summed E-state index contributed by atoms with van der Waals surface area (Å²) in [5.41, 5.74) is 5.69. The van der Waals surface area contributed by atoms with E-state index in [1.807, 2.05) is 11.4 Å². The summed E-state index contributed by atoms with van der Waals surface area (Å²) in [7, 11) is 0. The van der Waals surface area contributed by atoms with Crippen LogP contribution in [0.2, 0.25) is 0 Å². The van der Waals surface area contributed by atoms with E-state index in [4.69, 9.17) is 0 Å². The molecule has 0 amide bonds. The van der Waals surface area contributed by atoms with Crippen LogP contribution in [0.1, 0.15) is 18.3 Å². The maximum Gasteiger partial charge on any atom is 0.252 e. The largest absolute Gasteiger partial charge is 0.344 e. The zero-order chi connectivity index (χ0) is 15.3. The number of benzene rings is 1. The maximum absolute atomic E-state index is 4.44. The molecule has 5 nitrogen and oxygen atoms in total. The summed E-state index contributed by atoms with van der Waals surface area (Å²) in [4.78, 5) is 8.68. The highest BCUT2D eigenvalue weighted by Crippen LogP contribution is 2.34. The molecule has 0 aliphatic rings. The van der Waals surface area contributed by atoms with Crippen molar-refractivity contribution in [3.8, 4) is 11.3 Å². The van der Waals surface area contributed by atoms with Gasteiger partial charge in [-0.2, -0.15) is 14.6 Å². The third-order valence-corrected chi connectivity index (χ3v) is 4.18. The van der Waals surface area contributed by atoms with Gasteiger partial charge < -0.3 is 4.57 Å². The minimum atomic E-state index is 0.641. The standard InChI is InChI=1S/C17H17N5/c1-4-21-12(3)16(13-7-5-6-8-14(13)21)15-9-11(2)20-17-18-10-19-22(15)17/h5-10H,4H2,1-3H3. The van der Waals surface area contributed by atoms with Crippen molar-refractivity contribution in [2.45, 2.75) is 27.3 Å². The van der Waals surface area contributed by atoms with E-state index >= 15 is 0 Å². The fourth-order valence-corrected chi connectivity index (χ4v) is 3.27. The second-order valence-corrected chi connectivity index (χ2v) is 5.48. The molecule has 0 atom stereocenters. The van der Waals surface area contributed by atoms with Crippen LogP contribution in [-0.2, 0) is 6.54 Å². The molecule has 1 aromatic carbocycles. The van der Waals surface area contributed by atoms with Crippen molar-refractivity contribution in [3.63, 3.8) is 0 Å². The first-order valence-corrected chi connectivity index (χ1v) is 7.46. The van der Waals surface area contributed by atoms with E-state index in [0.717, 1.165) is 17.9 Å². The Bertz CT molecular complexity index is 993. The van der Waals surface area contributed by atoms with Crippen LogP contribution in [0.15, 0.2) is 36.7 Å². The first-order valence-electron chi connectivity index (χ1n) is 7.46. The number of aryl methyl sites for hydroxylation is 2. The Balaban J connectivity index is 2.17. The minimum Gasteiger partial charge on any atom is -0.344 e. The van der Waals surface area contributed by atoms with Crippen LogP contribution < -0.4 is 0 Å². The SMILES string of the molecule is CCn1c(C)c(-c2cc(C)nc3ncnn23)c2ccccc21. The van der Waals surface area contributed by atoms with E-state index in [1.54, 1.807) is 6.33 Å². The monoisotopic (exact) mass is 291 g/mol. The summed E-state index contributed by atoms with van der Waals surface area (Å²) in [6.45, 7) is 7.27. The second kappa shape index (κ2) is 4.66. The molecule has 0 saturated carbocycles. The topological polar surface area (TPSA) is 48.0 Å². The van der Waals surface area contributed by atoms with Crippen molar-refractivity contribution in [1.29, 1.82) is 0 Å². The van der Waals surface area contributed by atoms with Gasteiger partial charge in [-0.25, -0.2) is 4.98 Å². The minimum absolute atomic E-state index is 0.641. The quantitative estimate of drug-likeness (QED) is 0.569. The van der Waals surface area contributed by atoms with Gasteiger partial charge in [0.1, 0.15) is 6.33 Å². The van der Waals surface area contributed by atoms with Crippen LogP contribution in [-0.4, -0.2) is 24.1 Å². The number of para-hydroxylation sites is 1. The summed E-state index contributed by atoms with van der Waals surface area (Å²) >= 11 is 0. The molecule has 5 heteroatoms. The Kier molecular flexibility index (Phi) is 2.76. The van der Waals surface area contributed by atoms with Crippen molar-refractivity contribution in [2.24, 2.45) is 0 Å². The average Bonchev–Trinajstić information content (AvgIpc) is 3.07. The van der Waals surface area contributed by atoms with Gasteiger partial charge in [-0.15, -0.1) is 0 Å². The second-order valence-electron chi connectivity index (χ2n) is 5.48. The van der Waals surface area contributed by atoms with Gasteiger partial charge >= 0.3 is 0 Å². The molecule has 0 N–H and O–H groups in total. The molecule has 0 spiro atoms. The van der Waals surface area contributed by atoms with Crippen LogP contribution in [0.4, 0.5) is 0 Å². The molecule has 0 saturated heterocycles.